The molecule has 0 heterocycles. The van der Waals surface area contributed by atoms with E-state index >= 15 is 0 Å². The summed E-state index contributed by atoms with van der Waals surface area (Å²) in [5, 5.41) is 13.1. The predicted molar refractivity (Wildman–Crippen MR) is 82.3 cm³/mol. The van der Waals surface area contributed by atoms with Crippen molar-refractivity contribution in [3.8, 4) is 5.75 Å². The van der Waals surface area contributed by atoms with Crippen molar-refractivity contribution in [2.24, 2.45) is 0 Å². The Hall–Kier alpha value is -1.42. The van der Waals surface area contributed by atoms with Crippen molar-refractivity contribution in [3.63, 3.8) is 0 Å². The highest BCUT2D eigenvalue weighted by Gasteiger charge is 2.13. The van der Waals surface area contributed by atoms with Crippen LogP contribution in [0.4, 0.5) is 5.69 Å². The number of rotatable bonds is 2. The number of carbonyl (C=O) groups excluding carboxylic acids is 1. The summed E-state index contributed by atoms with van der Waals surface area (Å²) < 4.78 is 0. The molecule has 0 aliphatic carbocycles. The molecular weight excluding hydrogens is 321 g/mol. The van der Waals surface area contributed by atoms with Crippen LogP contribution in [0.3, 0.4) is 0 Å². The standard InChI is InChI=1S/C14H10Cl3NO2/c1-7-2-3-8(4-12(7)19)14(20)18-13-10(16)5-9(15)6-11(13)17/h2-6,19H,1H3,(H,18,20). The SMILES string of the molecule is Cc1ccc(C(=O)Nc2c(Cl)cc(Cl)cc2Cl)cc1O. The average molecular weight is 331 g/mol. The Morgan fingerprint density at radius 3 is 2.25 bits per heavy atom. The van der Waals surface area contributed by atoms with Gasteiger partial charge in [-0.2, -0.15) is 0 Å². The van der Waals surface area contributed by atoms with E-state index in [0.29, 0.717) is 16.1 Å². The van der Waals surface area contributed by atoms with Crippen molar-refractivity contribution in [1.82, 2.24) is 0 Å². The van der Waals surface area contributed by atoms with Crippen molar-refractivity contribution in [2.75, 3.05) is 5.32 Å². The molecule has 2 aromatic rings. The van der Waals surface area contributed by atoms with Crippen LogP contribution in [-0.2, 0) is 0 Å². The lowest BCUT2D eigenvalue weighted by atomic mass is 10.1. The third-order valence-corrected chi connectivity index (χ3v) is 3.53. The lowest BCUT2D eigenvalue weighted by Gasteiger charge is -2.10. The topological polar surface area (TPSA) is 49.3 Å². The van der Waals surface area contributed by atoms with Gasteiger partial charge in [0, 0.05) is 10.6 Å². The van der Waals surface area contributed by atoms with E-state index in [1.165, 1.54) is 18.2 Å². The summed E-state index contributed by atoms with van der Waals surface area (Å²) >= 11 is 17.8. The molecule has 0 aliphatic rings. The molecule has 0 aromatic heterocycles. The minimum Gasteiger partial charge on any atom is -0.508 e. The monoisotopic (exact) mass is 329 g/mol. The van der Waals surface area contributed by atoms with Crippen molar-refractivity contribution in [3.05, 3.63) is 56.5 Å². The van der Waals surface area contributed by atoms with Crippen molar-refractivity contribution >= 4 is 46.4 Å². The number of nitrogens with one attached hydrogen (secondary N) is 1. The van der Waals surface area contributed by atoms with Gasteiger partial charge in [0.15, 0.2) is 0 Å². The molecule has 0 atom stereocenters. The predicted octanol–water partition coefficient (Wildman–Crippen LogP) is 4.91. The molecule has 3 nitrogen and oxygen atoms in total. The maximum Gasteiger partial charge on any atom is 0.255 e. The summed E-state index contributed by atoms with van der Waals surface area (Å²) in [6.07, 6.45) is 0. The first-order chi connectivity index (χ1) is 9.38. The number of anilines is 1. The van der Waals surface area contributed by atoms with Gasteiger partial charge < -0.3 is 10.4 Å². The molecule has 0 unspecified atom stereocenters. The molecule has 2 aromatic carbocycles. The second-order valence-electron chi connectivity index (χ2n) is 4.20. The zero-order valence-electron chi connectivity index (χ0n) is 10.4. The molecule has 2 N–H and O–H groups in total. The second kappa shape index (κ2) is 5.92. The van der Waals surface area contributed by atoms with E-state index in [-0.39, 0.29) is 21.5 Å². The van der Waals surface area contributed by atoms with Crippen LogP contribution in [0.2, 0.25) is 15.1 Å². The fraction of sp³-hybridized carbons (Fsp3) is 0.0714. The number of benzene rings is 2. The highest BCUT2D eigenvalue weighted by molar-refractivity contribution is 6.42. The summed E-state index contributed by atoms with van der Waals surface area (Å²) in [5.74, 6) is -0.377. The number of halogens is 3. The third kappa shape index (κ3) is 3.18. The minimum absolute atomic E-state index is 0.0472. The Kier molecular flexibility index (Phi) is 4.43. The number of aromatic hydroxyl groups is 1. The van der Waals surface area contributed by atoms with Gasteiger partial charge in [0.05, 0.1) is 15.7 Å². The smallest absolute Gasteiger partial charge is 0.255 e. The van der Waals surface area contributed by atoms with E-state index in [1.807, 2.05) is 0 Å². The maximum absolute atomic E-state index is 12.1. The van der Waals surface area contributed by atoms with Crippen LogP contribution in [0.5, 0.6) is 5.75 Å². The van der Waals surface area contributed by atoms with E-state index in [1.54, 1.807) is 19.1 Å². The summed E-state index contributed by atoms with van der Waals surface area (Å²) in [6, 6.07) is 7.59. The Morgan fingerprint density at radius 2 is 1.70 bits per heavy atom. The summed E-state index contributed by atoms with van der Waals surface area (Å²) in [5.41, 5.74) is 1.27. The normalized spacial score (nSPS) is 10.4. The van der Waals surface area contributed by atoms with E-state index < -0.39 is 5.91 Å². The highest BCUT2D eigenvalue weighted by Crippen LogP contribution is 2.34. The van der Waals surface area contributed by atoms with Crippen LogP contribution in [0.1, 0.15) is 15.9 Å². The van der Waals surface area contributed by atoms with Crippen LogP contribution in [-0.4, -0.2) is 11.0 Å². The number of hydrogen-bond donors (Lipinski definition) is 2. The molecular formula is C14H10Cl3NO2. The van der Waals surface area contributed by atoms with E-state index in [4.69, 9.17) is 34.8 Å². The van der Waals surface area contributed by atoms with Gasteiger partial charge in [0.25, 0.3) is 5.91 Å². The number of phenols is 1. The molecule has 0 aliphatic heterocycles. The molecule has 104 valence electrons. The van der Waals surface area contributed by atoms with Gasteiger partial charge in [-0.05, 0) is 36.8 Å². The van der Waals surface area contributed by atoms with Crippen molar-refractivity contribution in [1.29, 1.82) is 0 Å². The van der Waals surface area contributed by atoms with Gasteiger partial charge in [0.2, 0.25) is 0 Å². The molecule has 0 bridgehead atoms. The summed E-state index contributed by atoms with van der Waals surface area (Å²) in [6.45, 7) is 1.74. The largest absolute Gasteiger partial charge is 0.508 e. The zero-order chi connectivity index (χ0) is 14.9. The van der Waals surface area contributed by atoms with Crippen LogP contribution in [0, 0.1) is 6.92 Å². The summed E-state index contributed by atoms with van der Waals surface area (Å²) in [7, 11) is 0. The van der Waals surface area contributed by atoms with Crippen LogP contribution in [0.15, 0.2) is 30.3 Å². The zero-order valence-corrected chi connectivity index (χ0v) is 12.6. The average Bonchev–Trinajstić information content (AvgIpc) is 2.36. The molecule has 0 spiro atoms. The van der Waals surface area contributed by atoms with E-state index in [2.05, 4.69) is 5.32 Å². The summed E-state index contributed by atoms with van der Waals surface area (Å²) in [4.78, 5) is 12.1. The molecule has 0 saturated carbocycles. The number of hydrogen-bond acceptors (Lipinski definition) is 2. The minimum atomic E-state index is -0.425. The number of phenolic OH excluding ortho intramolecular Hbond substituents is 1. The fourth-order valence-corrected chi connectivity index (χ4v) is 2.51. The molecule has 1 amide bonds. The number of aryl methyl sites for hydroxylation is 1. The van der Waals surface area contributed by atoms with Gasteiger partial charge in [0.1, 0.15) is 5.75 Å². The van der Waals surface area contributed by atoms with Gasteiger partial charge in [-0.25, -0.2) is 0 Å². The first kappa shape index (κ1) is 15.0. The molecule has 0 saturated heterocycles. The quantitative estimate of drug-likeness (QED) is 0.821. The molecule has 6 heteroatoms. The van der Waals surface area contributed by atoms with Gasteiger partial charge in [-0.15, -0.1) is 0 Å². The van der Waals surface area contributed by atoms with Crippen LogP contribution >= 0.6 is 34.8 Å². The fourth-order valence-electron chi connectivity index (χ4n) is 1.60. The second-order valence-corrected chi connectivity index (χ2v) is 5.45. The number of amides is 1. The highest BCUT2D eigenvalue weighted by atomic mass is 35.5. The maximum atomic E-state index is 12.1. The van der Waals surface area contributed by atoms with E-state index in [9.17, 15) is 9.90 Å². The van der Waals surface area contributed by atoms with Gasteiger partial charge in [-0.1, -0.05) is 40.9 Å². The Morgan fingerprint density at radius 1 is 1.10 bits per heavy atom. The Bertz CT molecular complexity index is 663. The van der Waals surface area contributed by atoms with Crippen molar-refractivity contribution < 1.29 is 9.90 Å². The molecule has 0 radical (unpaired) electrons. The first-order valence-electron chi connectivity index (χ1n) is 5.64. The number of carbonyl (C=O) groups is 1. The molecule has 2 rings (SSSR count). The van der Waals surface area contributed by atoms with Crippen LogP contribution in [0.25, 0.3) is 0 Å². The molecule has 0 fully saturated rings. The van der Waals surface area contributed by atoms with Gasteiger partial charge in [-0.3, -0.25) is 4.79 Å². The first-order valence-corrected chi connectivity index (χ1v) is 6.77. The third-order valence-electron chi connectivity index (χ3n) is 2.72. The lowest BCUT2D eigenvalue weighted by Crippen LogP contribution is -2.12. The Labute approximate surface area is 131 Å². The molecule has 20 heavy (non-hydrogen) atoms. The van der Waals surface area contributed by atoms with Crippen molar-refractivity contribution in [2.45, 2.75) is 6.92 Å². The lowest BCUT2D eigenvalue weighted by molar-refractivity contribution is 0.102. The Balaban J connectivity index is 2.30. The van der Waals surface area contributed by atoms with E-state index in [0.717, 1.165) is 0 Å². The van der Waals surface area contributed by atoms with Gasteiger partial charge >= 0.3 is 0 Å². The van der Waals surface area contributed by atoms with Crippen LogP contribution < -0.4 is 5.32 Å².